The summed E-state index contributed by atoms with van der Waals surface area (Å²) >= 11 is 6.00. The summed E-state index contributed by atoms with van der Waals surface area (Å²) < 4.78 is 0. The number of carbonyl (C=O) groups excluding carboxylic acids is 2. The van der Waals surface area contributed by atoms with E-state index in [-0.39, 0.29) is 11.8 Å². The highest BCUT2D eigenvalue weighted by Gasteiger charge is 2.26. The van der Waals surface area contributed by atoms with Crippen molar-refractivity contribution in [2.24, 2.45) is 0 Å². The second-order valence-electron chi connectivity index (χ2n) is 6.25. The summed E-state index contributed by atoms with van der Waals surface area (Å²) in [6, 6.07) is 15.2. The predicted octanol–water partition coefficient (Wildman–Crippen LogP) is 4.02. The van der Waals surface area contributed by atoms with Crippen molar-refractivity contribution in [3.8, 4) is 0 Å². The van der Waals surface area contributed by atoms with E-state index in [4.69, 9.17) is 11.6 Å². The number of nitrogens with zero attached hydrogens (tertiary/aromatic N) is 2. The Morgan fingerprint density at radius 2 is 1.62 bits per heavy atom. The summed E-state index contributed by atoms with van der Waals surface area (Å²) in [7, 11) is 3.36. The Bertz CT molecular complexity index is 927. The molecule has 132 valence electrons. The van der Waals surface area contributed by atoms with Crippen LogP contribution >= 0.6 is 11.6 Å². The van der Waals surface area contributed by atoms with Crippen molar-refractivity contribution in [1.29, 1.82) is 0 Å². The Balaban J connectivity index is 2.22. The van der Waals surface area contributed by atoms with Crippen LogP contribution in [0.1, 0.15) is 23.6 Å². The van der Waals surface area contributed by atoms with Gasteiger partial charge < -0.3 is 4.90 Å². The summed E-state index contributed by atoms with van der Waals surface area (Å²) in [5.41, 5.74) is 4.23. The Hall–Kier alpha value is -2.85. The van der Waals surface area contributed by atoms with Crippen molar-refractivity contribution in [3.63, 3.8) is 0 Å². The van der Waals surface area contributed by atoms with Crippen LogP contribution in [0.5, 0.6) is 0 Å². The zero-order chi connectivity index (χ0) is 18.8. The average molecular weight is 367 g/mol. The van der Waals surface area contributed by atoms with Gasteiger partial charge in [0.1, 0.15) is 0 Å². The lowest BCUT2D eigenvalue weighted by Crippen LogP contribution is -2.28. The maximum atomic E-state index is 12.3. The standard InChI is InChI=1S/C21H19ClN2O2/c1-14(25)24-13-19(15-8-10-16(22)11-9-15)17-6-4-5-7-18(17)20(24)12-21(26)23(2)3/h4-13H,1-3H3/b20-12-. The summed E-state index contributed by atoms with van der Waals surface area (Å²) in [5, 5.41) is 0.652. The number of halogens is 1. The number of carbonyl (C=O) groups is 2. The highest BCUT2D eigenvalue weighted by molar-refractivity contribution is 6.30. The van der Waals surface area contributed by atoms with Gasteiger partial charge in [0.05, 0.1) is 5.70 Å². The summed E-state index contributed by atoms with van der Waals surface area (Å²) in [6.07, 6.45) is 3.28. The molecule has 2 aromatic rings. The first-order chi connectivity index (χ1) is 12.4. The van der Waals surface area contributed by atoms with Crippen molar-refractivity contribution in [2.75, 3.05) is 14.1 Å². The van der Waals surface area contributed by atoms with E-state index in [1.165, 1.54) is 22.8 Å². The average Bonchev–Trinajstić information content (AvgIpc) is 2.62. The van der Waals surface area contributed by atoms with Gasteiger partial charge in [0.25, 0.3) is 0 Å². The van der Waals surface area contributed by atoms with E-state index in [0.717, 1.165) is 22.3 Å². The maximum absolute atomic E-state index is 12.3. The molecule has 0 saturated carbocycles. The first-order valence-corrected chi connectivity index (χ1v) is 8.56. The van der Waals surface area contributed by atoms with Gasteiger partial charge in [0, 0.05) is 49.5 Å². The molecule has 0 saturated heterocycles. The second kappa shape index (κ2) is 7.18. The van der Waals surface area contributed by atoms with E-state index in [1.807, 2.05) is 48.5 Å². The van der Waals surface area contributed by atoms with Gasteiger partial charge in [-0.15, -0.1) is 0 Å². The van der Waals surface area contributed by atoms with Crippen LogP contribution in [0.4, 0.5) is 0 Å². The SMILES string of the molecule is CC(=O)N1C=C(c2ccc(Cl)cc2)c2ccccc2/C1=C/C(=O)N(C)C. The first kappa shape index (κ1) is 18.0. The molecule has 26 heavy (non-hydrogen) atoms. The highest BCUT2D eigenvalue weighted by atomic mass is 35.5. The number of amides is 2. The molecule has 2 amide bonds. The topological polar surface area (TPSA) is 40.6 Å². The Kier molecular flexibility index (Phi) is 4.96. The van der Waals surface area contributed by atoms with Crippen LogP contribution in [0, 0.1) is 0 Å². The zero-order valence-electron chi connectivity index (χ0n) is 14.9. The molecule has 0 aliphatic carbocycles. The van der Waals surface area contributed by atoms with Gasteiger partial charge in [-0.2, -0.15) is 0 Å². The number of benzene rings is 2. The molecule has 1 aliphatic rings. The normalized spacial score (nSPS) is 14.7. The number of hydrogen-bond donors (Lipinski definition) is 0. The van der Waals surface area contributed by atoms with Gasteiger partial charge in [-0.05, 0) is 23.3 Å². The molecule has 0 fully saturated rings. The molecule has 0 unspecified atom stereocenters. The minimum Gasteiger partial charge on any atom is -0.345 e. The van der Waals surface area contributed by atoms with Gasteiger partial charge in [-0.1, -0.05) is 48.0 Å². The lowest BCUT2D eigenvalue weighted by atomic mass is 9.89. The van der Waals surface area contributed by atoms with Crippen LogP contribution < -0.4 is 0 Å². The number of rotatable bonds is 2. The van der Waals surface area contributed by atoms with E-state index in [9.17, 15) is 9.59 Å². The summed E-state index contributed by atoms with van der Waals surface area (Å²) in [4.78, 5) is 27.6. The Labute approximate surface area is 158 Å². The quantitative estimate of drug-likeness (QED) is 0.753. The number of hydrogen-bond acceptors (Lipinski definition) is 2. The van der Waals surface area contributed by atoms with Gasteiger partial charge in [-0.3, -0.25) is 14.5 Å². The molecule has 1 aliphatic heterocycles. The smallest absolute Gasteiger partial charge is 0.248 e. The van der Waals surface area contributed by atoms with E-state index < -0.39 is 0 Å². The molecule has 0 radical (unpaired) electrons. The van der Waals surface area contributed by atoms with Crippen LogP contribution in [-0.4, -0.2) is 35.7 Å². The third-order valence-corrected chi connectivity index (χ3v) is 4.46. The summed E-state index contributed by atoms with van der Waals surface area (Å²) in [5.74, 6) is -0.340. The fourth-order valence-corrected chi connectivity index (χ4v) is 2.98. The van der Waals surface area contributed by atoms with Crippen LogP contribution in [0.25, 0.3) is 11.3 Å². The van der Waals surface area contributed by atoms with Crippen molar-refractivity contribution in [1.82, 2.24) is 9.80 Å². The summed E-state index contributed by atoms with van der Waals surface area (Å²) in [6.45, 7) is 1.48. The van der Waals surface area contributed by atoms with Crippen molar-refractivity contribution in [3.05, 3.63) is 82.5 Å². The van der Waals surface area contributed by atoms with E-state index in [1.54, 1.807) is 20.3 Å². The van der Waals surface area contributed by atoms with Gasteiger partial charge in [0.15, 0.2) is 0 Å². The second-order valence-corrected chi connectivity index (χ2v) is 6.68. The monoisotopic (exact) mass is 366 g/mol. The van der Waals surface area contributed by atoms with Crippen molar-refractivity contribution in [2.45, 2.75) is 6.92 Å². The Morgan fingerprint density at radius 3 is 2.19 bits per heavy atom. The molecular weight excluding hydrogens is 348 g/mol. The minimum atomic E-state index is -0.176. The maximum Gasteiger partial charge on any atom is 0.248 e. The van der Waals surface area contributed by atoms with Crippen LogP contribution in [-0.2, 0) is 9.59 Å². The zero-order valence-corrected chi connectivity index (χ0v) is 15.6. The van der Waals surface area contributed by atoms with Crippen LogP contribution in [0.3, 0.4) is 0 Å². The fourth-order valence-electron chi connectivity index (χ4n) is 2.85. The molecule has 3 rings (SSSR count). The van der Waals surface area contributed by atoms with E-state index in [2.05, 4.69) is 0 Å². The molecular formula is C21H19ClN2O2. The molecule has 1 heterocycles. The predicted molar refractivity (Wildman–Crippen MR) is 104 cm³/mol. The molecule has 0 aromatic heterocycles. The molecule has 0 atom stereocenters. The van der Waals surface area contributed by atoms with Gasteiger partial charge in [-0.25, -0.2) is 0 Å². The van der Waals surface area contributed by atoms with Gasteiger partial charge >= 0.3 is 0 Å². The van der Waals surface area contributed by atoms with E-state index in [0.29, 0.717) is 10.7 Å². The fraction of sp³-hybridized carbons (Fsp3) is 0.143. The lowest BCUT2D eigenvalue weighted by molar-refractivity contribution is -0.123. The van der Waals surface area contributed by atoms with Crippen molar-refractivity contribution < 1.29 is 9.59 Å². The third kappa shape index (κ3) is 3.41. The molecule has 4 nitrogen and oxygen atoms in total. The number of fused-ring (bicyclic) bond motifs is 1. The van der Waals surface area contributed by atoms with Crippen LogP contribution in [0.15, 0.2) is 60.8 Å². The van der Waals surface area contributed by atoms with E-state index >= 15 is 0 Å². The lowest BCUT2D eigenvalue weighted by Gasteiger charge is -2.30. The number of likely N-dealkylation sites (N-methyl/N-ethyl adjacent to an activating group) is 1. The molecule has 0 bridgehead atoms. The third-order valence-electron chi connectivity index (χ3n) is 4.21. The Morgan fingerprint density at radius 1 is 1.00 bits per heavy atom. The van der Waals surface area contributed by atoms with Crippen molar-refractivity contribution >= 4 is 34.7 Å². The van der Waals surface area contributed by atoms with Gasteiger partial charge in [0.2, 0.25) is 11.8 Å². The van der Waals surface area contributed by atoms with Crippen LogP contribution in [0.2, 0.25) is 5.02 Å². The molecule has 5 heteroatoms. The molecule has 0 spiro atoms. The first-order valence-electron chi connectivity index (χ1n) is 8.19. The molecule has 0 N–H and O–H groups in total. The largest absolute Gasteiger partial charge is 0.345 e. The minimum absolute atomic E-state index is 0.163. The molecule has 2 aromatic carbocycles. The highest BCUT2D eigenvalue weighted by Crippen LogP contribution is 2.37.